The van der Waals surface area contributed by atoms with Gasteiger partial charge in [0.2, 0.25) is 0 Å². The van der Waals surface area contributed by atoms with Crippen molar-refractivity contribution in [3.8, 4) is 0 Å². The molecule has 0 radical (unpaired) electrons. The van der Waals surface area contributed by atoms with Crippen LogP contribution in [0.1, 0.15) is 74.7 Å². The maximum absolute atomic E-state index is 12.0. The number of fused-ring (bicyclic) bond motifs is 2. The maximum Gasteiger partial charge on any atom is 0.408 e. The minimum atomic E-state index is -0.465. The van der Waals surface area contributed by atoms with Crippen LogP contribution in [0.15, 0.2) is 0 Å². The summed E-state index contributed by atoms with van der Waals surface area (Å²) in [6, 6.07) is 0.508. The van der Waals surface area contributed by atoms with Crippen molar-refractivity contribution in [1.82, 2.24) is 10.6 Å². The normalized spacial score (nSPS) is 32.9. The molecule has 2 saturated carbocycles. The van der Waals surface area contributed by atoms with Crippen molar-refractivity contribution in [1.29, 1.82) is 0 Å². The van der Waals surface area contributed by atoms with E-state index in [4.69, 9.17) is 4.74 Å². The molecule has 2 aliphatic rings. The molecule has 1 unspecified atom stereocenters. The Bertz CT molecular complexity index is 460. The smallest absolute Gasteiger partial charge is 0.408 e. The Balaban J connectivity index is 1.93. The summed E-state index contributed by atoms with van der Waals surface area (Å²) >= 11 is 0. The van der Waals surface area contributed by atoms with E-state index in [1.165, 1.54) is 19.3 Å². The zero-order chi connectivity index (χ0) is 17.7. The van der Waals surface area contributed by atoms with Gasteiger partial charge in [-0.05, 0) is 70.6 Å². The zero-order valence-electron chi connectivity index (χ0n) is 16.3. The molecule has 2 N–H and O–H groups in total. The molecule has 0 saturated heterocycles. The van der Waals surface area contributed by atoms with E-state index >= 15 is 0 Å². The Morgan fingerprint density at radius 2 is 1.78 bits per heavy atom. The van der Waals surface area contributed by atoms with E-state index < -0.39 is 5.60 Å². The van der Waals surface area contributed by atoms with Gasteiger partial charge in [-0.3, -0.25) is 0 Å². The largest absolute Gasteiger partial charge is 0.444 e. The number of carbonyl (C=O) groups is 1. The van der Waals surface area contributed by atoms with Gasteiger partial charge in [0.1, 0.15) is 5.60 Å². The predicted molar refractivity (Wildman–Crippen MR) is 94.5 cm³/mol. The molecule has 2 aliphatic carbocycles. The fraction of sp³-hybridized carbons (Fsp3) is 0.947. The summed E-state index contributed by atoms with van der Waals surface area (Å²) in [6.45, 7) is 17.7. The van der Waals surface area contributed by atoms with Crippen LogP contribution in [0.3, 0.4) is 0 Å². The topological polar surface area (TPSA) is 50.4 Å². The van der Waals surface area contributed by atoms with Crippen molar-refractivity contribution in [3.63, 3.8) is 0 Å². The molecule has 1 amide bonds. The van der Waals surface area contributed by atoms with E-state index in [1.54, 1.807) is 0 Å². The van der Waals surface area contributed by atoms with Gasteiger partial charge in [-0.15, -0.1) is 0 Å². The van der Waals surface area contributed by atoms with Gasteiger partial charge in [0.15, 0.2) is 0 Å². The molecule has 23 heavy (non-hydrogen) atoms. The van der Waals surface area contributed by atoms with Crippen LogP contribution < -0.4 is 10.6 Å². The summed E-state index contributed by atoms with van der Waals surface area (Å²) in [5.41, 5.74) is -0.0740. The molecule has 134 valence electrons. The van der Waals surface area contributed by atoms with E-state index in [9.17, 15) is 4.79 Å². The summed E-state index contributed by atoms with van der Waals surface area (Å²) in [5, 5.41) is 6.78. The second-order valence-corrected chi connectivity index (χ2v) is 10.2. The Labute approximate surface area is 142 Å². The first-order chi connectivity index (χ1) is 10.3. The van der Waals surface area contributed by atoms with Crippen molar-refractivity contribution in [2.24, 2.45) is 16.7 Å². The molecule has 4 heteroatoms. The van der Waals surface area contributed by atoms with Crippen molar-refractivity contribution in [2.45, 2.75) is 91.8 Å². The van der Waals surface area contributed by atoms with E-state index in [0.717, 1.165) is 12.5 Å². The number of hydrogen-bond acceptors (Lipinski definition) is 3. The van der Waals surface area contributed by atoms with Crippen molar-refractivity contribution in [3.05, 3.63) is 0 Å². The highest BCUT2D eigenvalue weighted by Gasteiger charge is 2.59. The van der Waals surface area contributed by atoms with Crippen LogP contribution in [0.25, 0.3) is 0 Å². The van der Waals surface area contributed by atoms with Gasteiger partial charge >= 0.3 is 6.09 Å². The van der Waals surface area contributed by atoms with E-state index in [1.807, 2.05) is 34.6 Å². The summed E-state index contributed by atoms with van der Waals surface area (Å²) in [5.74, 6) is 0.826. The Kier molecular flexibility index (Phi) is 4.56. The fourth-order valence-corrected chi connectivity index (χ4v) is 4.79. The van der Waals surface area contributed by atoms with Crippen LogP contribution in [-0.2, 0) is 4.74 Å². The highest BCUT2D eigenvalue weighted by atomic mass is 16.6. The number of nitrogens with one attached hydrogen (secondary N) is 2. The summed E-state index contributed by atoms with van der Waals surface area (Å²) < 4.78 is 5.38. The molecular weight excluding hydrogens is 288 g/mol. The third kappa shape index (κ3) is 4.01. The predicted octanol–water partition coefficient (Wildman–Crippen LogP) is 4.09. The highest BCUT2D eigenvalue weighted by Crippen LogP contribution is 2.62. The highest BCUT2D eigenvalue weighted by molar-refractivity contribution is 5.68. The quantitative estimate of drug-likeness (QED) is 0.819. The zero-order valence-corrected chi connectivity index (χ0v) is 16.3. The third-order valence-corrected chi connectivity index (χ3v) is 5.86. The van der Waals surface area contributed by atoms with Gasteiger partial charge in [-0.1, -0.05) is 20.8 Å². The van der Waals surface area contributed by atoms with Crippen molar-refractivity contribution >= 4 is 6.09 Å². The second-order valence-electron chi connectivity index (χ2n) is 10.2. The molecule has 0 aromatic heterocycles. The number of hydrogen-bond donors (Lipinski definition) is 2. The molecule has 2 bridgehead atoms. The molecule has 0 aliphatic heterocycles. The number of ether oxygens (including phenoxy) is 1. The molecule has 2 rings (SSSR count). The van der Waals surface area contributed by atoms with Gasteiger partial charge in [0.05, 0.1) is 5.54 Å². The number of rotatable bonds is 4. The third-order valence-electron chi connectivity index (χ3n) is 5.86. The molecular formula is C19H36N2O2. The van der Waals surface area contributed by atoms with E-state index in [0.29, 0.717) is 16.9 Å². The van der Waals surface area contributed by atoms with Crippen LogP contribution >= 0.6 is 0 Å². The molecule has 0 aromatic rings. The lowest BCUT2D eigenvalue weighted by Gasteiger charge is -2.44. The molecule has 0 aromatic carbocycles. The van der Waals surface area contributed by atoms with Crippen LogP contribution in [-0.4, -0.2) is 29.8 Å². The first-order valence-electron chi connectivity index (χ1n) is 9.00. The number of alkyl carbamates (subject to hydrolysis) is 1. The van der Waals surface area contributed by atoms with E-state index in [2.05, 4.69) is 31.4 Å². The molecule has 2 fully saturated rings. The molecule has 0 heterocycles. The second kappa shape index (κ2) is 5.65. The Morgan fingerprint density at radius 1 is 1.17 bits per heavy atom. The number of amides is 1. The summed E-state index contributed by atoms with van der Waals surface area (Å²) in [6.07, 6.45) is 3.67. The standard InChI is InChI=1S/C19H36N2O2/c1-16(2,3)23-15(22)21-17(4,5)12-20-14-18(6,7)13-9-10-19(14,8)11-13/h13-14,20H,9-12H2,1-8H3,(H,21,22)/t13-,14?,19+/m0/s1. The van der Waals surface area contributed by atoms with Crippen LogP contribution in [0.5, 0.6) is 0 Å². The first-order valence-corrected chi connectivity index (χ1v) is 9.00. The molecule has 3 atom stereocenters. The fourth-order valence-electron chi connectivity index (χ4n) is 4.79. The van der Waals surface area contributed by atoms with Crippen LogP contribution in [0.4, 0.5) is 4.79 Å². The minimum Gasteiger partial charge on any atom is -0.444 e. The van der Waals surface area contributed by atoms with Crippen molar-refractivity contribution in [2.75, 3.05) is 6.54 Å². The summed E-state index contributed by atoms with van der Waals surface area (Å²) in [7, 11) is 0. The monoisotopic (exact) mass is 324 g/mol. The molecule has 4 nitrogen and oxygen atoms in total. The van der Waals surface area contributed by atoms with Crippen LogP contribution in [0.2, 0.25) is 0 Å². The first kappa shape index (κ1) is 18.6. The van der Waals surface area contributed by atoms with Crippen LogP contribution in [0, 0.1) is 16.7 Å². The lowest BCUT2D eigenvalue weighted by molar-refractivity contribution is 0.0457. The minimum absolute atomic E-state index is 0.328. The summed E-state index contributed by atoms with van der Waals surface area (Å²) in [4.78, 5) is 12.0. The Hall–Kier alpha value is -0.770. The molecule has 0 spiro atoms. The van der Waals surface area contributed by atoms with Gasteiger partial charge in [0.25, 0.3) is 0 Å². The average molecular weight is 325 g/mol. The lowest BCUT2D eigenvalue weighted by Crippen LogP contribution is -2.58. The lowest BCUT2D eigenvalue weighted by atomic mass is 9.68. The van der Waals surface area contributed by atoms with Gasteiger partial charge in [0, 0.05) is 12.6 Å². The average Bonchev–Trinajstić information content (AvgIpc) is 2.75. The Morgan fingerprint density at radius 3 is 2.26 bits per heavy atom. The van der Waals surface area contributed by atoms with Crippen molar-refractivity contribution < 1.29 is 9.53 Å². The maximum atomic E-state index is 12.0. The SMILES string of the molecule is CC(C)(CNC1C(C)(C)[C@H]2CC[C@]1(C)C2)NC(=O)OC(C)(C)C. The number of carbonyl (C=O) groups excluding carboxylic acids is 1. The van der Waals surface area contributed by atoms with E-state index in [-0.39, 0.29) is 11.6 Å². The van der Waals surface area contributed by atoms with Gasteiger partial charge in [-0.2, -0.15) is 0 Å². The van der Waals surface area contributed by atoms with Gasteiger partial charge in [-0.25, -0.2) is 4.79 Å². The van der Waals surface area contributed by atoms with Gasteiger partial charge < -0.3 is 15.4 Å².